The SMILES string of the molecule is CCOc1ccc(NC(=O)N[C@H](C(=O)OC)C(C)C)cc1. The Bertz CT molecular complexity index is 471. The number of rotatable bonds is 6. The molecule has 2 N–H and O–H groups in total. The van der Waals surface area contributed by atoms with Crippen LogP contribution in [0.3, 0.4) is 0 Å². The summed E-state index contributed by atoms with van der Waals surface area (Å²) >= 11 is 0. The van der Waals surface area contributed by atoms with Crippen molar-refractivity contribution in [2.75, 3.05) is 19.0 Å². The van der Waals surface area contributed by atoms with Gasteiger partial charge in [-0.2, -0.15) is 0 Å². The van der Waals surface area contributed by atoms with Gasteiger partial charge in [0.2, 0.25) is 0 Å². The lowest BCUT2D eigenvalue weighted by molar-refractivity contribution is -0.143. The van der Waals surface area contributed by atoms with Crippen LogP contribution in [0.25, 0.3) is 0 Å². The highest BCUT2D eigenvalue weighted by molar-refractivity contribution is 5.92. The number of amides is 2. The Labute approximate surface area is 124 Å². The first-order chi connectivity index (χ1) is 9.97. The van der Waals surface area contributed by atoms with Crippen molar-refractivity contribution >= 4 is 17.7 Å². The highest BCUT2D eigenvalue weighted by atomic mass is 16.5. The topological polar surface area (TPSA) is 76.7 Å². The molecule has 6 heteroatoms. The number of anilines is 1. The molecule has 0 bridgehead atoms. The quantitative estimate of drug-likeness (QED) is 0.790. The molecule has 0 unspecified atom stereocenters. The van der Waals surface area contributed by atoms with E-state index in [9.17, 15) is 9.59 Å². The smallest absolute Gasteiger partial charge is 0.328 e. The number of methoxy groups -OCH3 is 1. The molecule has 0 saturated heterocycles. The lowest BCUT2D eigenvalue weighted by atomic mass is 10.1. The van der Waals surface area contributed by atoms with E-state index >= 15 is 0 Å². The van der Waals surface area contributed by atoms with Gasteiger partial charge in [-0.15, -0.1) is 0 Å². The van der Waals surface area contributed by atoms with Crippen LogP contribution in [0.15, 0.2) is 24.3 Å². The highest BCUT2D eigenvalue weighted by Crippen LogP contribution is 2.15. The summed E-state index contributed by atoms with van der Waals surface area (Å²) in [7, 11) is 1.30. The van der Waals surface area contributed by atoms with E-state index in [1.54, 1.807) is 24.3 Å². The zero-order valence-corrected chi connectivity index (χ0v) is 12.8. The standard InChI is InChI=1S/C15H22N2O4/c1-5-21-12-8-6-11(7-9-12)16-15(19)17-13(10(2)3)14(18)20-4/h6-10,13H,5H2,1-4H3,(H2,16,17,19)/t13-/m0/s1. The van der Waals surface area contributed by atoms with Crippen LogP contribution in [-0.2, 0) is 9.53 Å². The molecular weight excluding hydrogens is 272 g/mol. The van der Waals surface area contributed by atoms with Crippen LogP contribution in [-0.4, -0.2) is 31.8 Å². The third-order valence-corrected chi connectivity index (χ3v) is 2.83. The van der Waals surface area contributed by atoms with Gasteiger partial charge in [0.1, 0.15) is 11.8 Å². The van der Waals surface area contributed by atoms with Gasteiger partial charge in [0, 0.05) is 5.69 Å². The molecule has 0 aromatic heterocycles. The number of hydrogen-bond donors (Lipinski definition) is 2. The van der Waals surface area contributed by atoms with Gasteiger partial charge in [0.25, 0.3) is 0 Å². The lowest BCUT2D eigenvalue weighted by Crippen LogP contribution is -2.46. The summed E-state index contributed by atoms with van der Waals surface area (Å²) in [4.78, 5) is 23.5. The van der Waals surface area contributed by atoms with Crippen molar-refractivity contribution in [2.45, 2.75) is 26.8 Å². The molecule has 1 rings (SSSR count). The number of ether oxygens (including phenoxy) is 2. The van der Waals surface area contributed by atoms with Crippen molar-refractivity contribution in [3.63, 3.8) is 0 Å². The van der Waals surface area contributed by atoms with E-state index in [4.69, 9.17) is 4.74 Å². The summed E-state index contributed by atoms with van der Waals surface area (Å²) in [5, 5.41) is 5.26. The maximum absolute atomic E-state index is 11.9. The molecule has 6 nitrogen and oxygen atoms in total. The van der Waals surface area contributed by atoms with E-state index in [1.807, 2.05) is 20.8 Å². The van der Waals surface area contributed by atoms with Gasteiger partial charge in [-0.1, -0.05) is 13.8 Å². The van der Waals surface area contributed by atoms with Crippen molar-refractivity contribution in [3.8, 4) is 5.75 Å². The van der Waals surface area contributed by atoms with Crippen LogP contribution in [0.4, 0.5) is 10.5 Å². The molecule has 0 aliphatic heterocycles. The van der Waals surface area contributed by atoms with Crippen LogP contribution in [0, 0.1) is 5.92 Å². The fraction of sp³-hybridized carbons (Fsp3) is 0.467. The zero-order chi connectivity index (χ0) is 15.8. The Hall–Kier alpha value is -2.24. The molecule has 2 amide bonds. The molecule has 0 spiro atoms. The number of carbonyl (C=O) groups is 2. The Balaban J connectivity index is 2.61. The average Bonchev–Trinajstić information content (AvgIpc) is 2.46. The van der Waals surface area contributed by atoms with Gasteiger partial charge in [-0.05, 0) is 37.1 Å². The Kier molecular flexibility index (Phi) is 6.52. The molecule has 0 aliphatic carbocycles. The fourth-order valence-corrected chi connectivity index (χ4v) is 1.73. The third kappa shape index (κ3) is 5.33. The van der Waals surface area contributed by atoms with Crippen LogP contribution in [0.1, 0.15) is 20.8 Å². The van der Waals surface area contributed by atoms with Crippen molar-refractivity contribution in [2.24, 2.45) is 5.92 Å². The second-order valence-electron chi connectivity index (χ2n) is 4.80. The lowest BCUT2D eigenvalue weighted by Gasteiger charge is -2.20. The summed E-state index contributed by atoms with van der Waals surface area (Å²) in [5.74, 6) is 0.202. The number of benzene rings is 1. The van der Waals surface area contributed by atoms with Gasteiger partial charge in [0.15, 0.2) is 0 Å². The molecule has 116 valence electrons. The van der Waals surface area contributed by atoms with Crippen molar-refractivity contribution in [1.82, 2.24) is 5.32 Å². The highest BCUT2D eigenvalue weighted by Gasteiger charge is 2.24. The zero-order valence-electron chi connectivity index (χ0n) is 12.8. The number of esters is 1. The second kappa shape index (κ2) is 8.14. The maximum atomic E-state index is 11.9. The summed E-state index contributed by atoms with van der Waals surface area (Å²) in [6, 6.07) is 5.85. The number of nitrogens with one attached hydrogen (secondary N) is 2. The Morgan fingerprint density at radius 1 is 1.19 bits per heavy atom. The van der Waals surface area contributed by atoms with Crippen molar-refractivity contribution < 1.29 is 19.1 Å². The van der Waals surface area contributed by atoms with Crippen molar-refractivity contribution in [1.29, 1.82) is 0 Å². The predicted octanol–water partition coefficient (Wildman–Crippen LogP) is 2.40. The minimum atomic E-state index is -0.683. The maximum Gasteiger partial charge on any atom is 0.328 e. The summed E-state index contributed by atoms with van der Waals surface area (Å²) < 4.78 is 9.99. The molecule has 0 radical (unpaired) electrons. The van der Waals surface area contributed by atoms with Crippen LogP contribution >= 0.6 is 0 Å². The summed E-state index contributed by atoms with van der Waals surface area (Å²) in [5.41, 5.74) is 0.614. The first-order valence-corrected chi connectivity index (χ1v) is 6.86. The van der Waals surface area contributed by atoms with E-state index < -0.39 is 18.0 Å². The number of carbonyl (C=O) groups excluding carboxylic acids is 2. The molecule has 1 aromatic carbocycles. The van der Waals surface area contributed by atoms with Crippen molar-refractivity contribution in [3.05, 3.63) is 24.3 Å². The largest absolute Gasteiger partial charge is 0.494 e. The monoisotopic (exact) mass is 294 g/mol. The average molecular weight is 294 g/mol. The third-order valence-electron chi connectivity index (χ3n) is 2.83. The molecule has 1 atom stereocenters. The predicted molar refractivity (Wildman–Crippen MR) is 80.4 cm³/mol. The van der Waals surface area contributed by atoms with Gasteiger partial charge in [-0.3, -0.25) is 0 Å². The first kappa shape index (κ1) is 16.8. The van der Waals surface area contributed by atoms with E-state index in [-0.39, 0.29) is 5.92 Å². The van der Waals surface area contributed by atoms with E-state index in [1.165, 1.54) is 7.11 Å². The molecule has 0 aliphatic rings. The minimum Gasteiger partial charge on any atom is -0.494 e. The van der Waals surface area contributed by atoms with Gasteiger partial charge < -0.3 is 20.1 Å². The first-order valence-electron chi connectivity index (χ1n) is 6.86. The Morgan fingerprint density at radius 3 is 2.29 bits per heavy atom. The molecule has 0 fully saturated rings. The van der Waals surface area contributed by atoms with E-state index in [2.05, 4.69) is 15.4 Å². The van der Waals surface area contributed by atoms with Crippen LogP contribution in [0.2, 0.25) is 0 Å². The molecule has 1 aromatic rings. The second-order valence-corrected chi connectivity index (χ2v) is 4.80. The van der Waals surface area contributed by atoms with E-state index in [0.29, 0.717) is 12.3 Å². The number of hydrogen-bond acceptors (Lipinski definition) is 4. The molecule has 21 heavy (non-hydrogen) atoms. The van der Waals surface area contributed by atoms with Gasteiger partial charge in [-0.25, -0.2) is 9.59 Å². The normalized spacial score (nSPS) is 11.7. The molecule has 0 saturated carbocycles. The van der Waals surface area contributed by atoms with Crippen LogP contribution in [0.5, 0.6) is 5.75 Å². The van der Waals surface area contributed by atoms with Crippen LogP contribution < -0.4 is 15.4 Å². The number of urea groups is 1. The minimum absolute atomic E-state index is 0.0662. The Morgan fingerprint density at radius 2 is 1.81 bits per heavy atom. The summed E-state index contributed by atoms with van der Waals surface area (Å²) in [6.45, 7) is 6.15. The molecule has 0 heterocycles. The van der Waals surface area contributed by atoms with Gasteiger partial charge >= 0.3 is 12.0 Å². The fourth-order valence-electron chi connectivity index (χ4n) is 1.73. The van der Waals surface area contributed by atoms with Gasteiger partial charge in [0.05, 0.1) is 13.7 Å². The van der Waals surface area contributed by atoms with E-state index in [0.717, 1.165) is 5.75 Å². The summed E-state index contributed by atoms with van der Waals surface area (Å²) in [6.07, 6.45) is 0. The molecular formula is C15H22N2O4.